The summed E-state index contributed by atoms with van der Waals surface area (Å²) in [6, 6.07) is 9.84. The number of pyridine rings is 1. The number of hydrogen-bond donors (Lipinski definition) is 2. The van der Waals surface area contributed by atoms with Crippen molar-refractivity contribution in [2.24, 2.45) is 0 Å². The summed E-state index contributed by atoms with van der Waals surface area (Å²) in [4.78, 5) is 15.2. The summed E-state index contributed by atoms with van der Waals surface area (Å²) in [6.07, 6.45) is -5.84. The number of carbonyl (C=O) groups is 1. The Kier molecular flexibility index (Phi) is 3.67. The van der Waals surface area contributed by atoms with Crippen LogP contribution in [0.2, 0.25) is 0 Å². The van der Waals surface area contributed by atoms with Gasteiger partial charge in [0, 0.05) is 11.3 Å². The van der Waals surface area contributed by atoms with Crippen molar-refractivity contribution in [3.63, 3.8) is 0 Å². The number of anilines is 1. The molecule has 5 nitrogen and oxygen atoms in total. The predicted octanol–water partition coefficient (Wildman–Crippen LogP) is 4.42. The topological polar surface area (TPSA) is 66.6 Å². The Balaban J connectivity index is 2.30. The van der Waals surface area contributed by atoms with Crippen molar-refractivity contribution in [2.75, 3.05) is 5.32 Å². The Bertz CT molecular complexity index is 932. The number of fused-ring (bicyclic) bond motifs is 1. The van der Waals surface area contributed by atoms with Crippen LogP contribution in [0.25, 0.3) is 16.9 Å². The van der Waals surface area contributed by atoms with Crippen LogP contribution < -0.4 is 5.32 Å². The maximum Gasteiger partial charge on any atom is 0.416 e. The molecule has 2 N–H and O–H groups in total. The van der Waals surface area contributed by atoms with Gasteiger partial charge in [-0.15, -0.1) is 0 Å². The maximum atomic E-state index is 13.0. The standard InChI is InChI=1S/C16H12F3N3O2/c1-9-4-2-7-12-20-14(21-15(23)24)13(22(9)12)10-5-3-6-11(8-10)16(17,18)19/h2-8,21H,1H3,(H,23,24). The van der Waals surface area contributed by atoms with Crippen LogP contribution >= 0.6 is 0 Å². The van der Waals surface area contributed by atoms with Gasteiger partial charge in [0.25, 0.3) is 0 Å². The number of rotatable bonds is 2. The molecule has 124 valence electrons. The first-order chi connectivity index (χ1) is 11.3. The van der Waals surface area contributed by atoms with Gasteiger partial charge >= 0.3 is 12.3 Å². The molecule has 8 heteroatoms. The van der Waals surface area contributed by atoms with Crippen LogP contribution in [0, 0.1) is 6.92 Å². The van der Waals surface area contributed by atoms with Gasteiger partial charge in [0.1, 0.15) is 5.65 Å². The van der Waals surface area contributed by atoms with Crippen molar-refractivity contribution in [2.45, 2.75) is 13.1 Å². The van der Waals surface area contributed by atoms with Gasteiger partial charge in [0.2, 0.25) is 0 Å². The Labute approximate surface area is 134 Å². The molecule has 0 radical (unpaired) electrons. The van der Waals surface area contributed by atoms with Crippen molar-refractivity contribution in [3.8, 4) is 11.3 Å². The Morgan fingerprint density at radius 2 is 1.92 bits per heavy atom. The van der Waals surface area contributed by atoms with E-state index in [1.165, 1.54) is 12.1 Å². The molecule has 3 rings (SSSR count). The van der Waals surface area contributed by atoms with Crippen LogP contribution in [0.4, 0.5) is 23.8 Å². The van der Waals surface area contributed by atoms with Crippen molar-refractivity contribution < 1.29 is 23.1 Å². The minimum Gasteiger partial charge on any atom is -0.465 e. The van der Waals surface area contributed by atoms with Gasteiger partial charge in [0.05, 0.1) is 11.3 Å². The van der Waals surface area contributed by atoms with E-state index in [2.05, 4.69) is 10.3 Å². The normalized spacial score (nSPS) is 11.7. The molecule has 3 aromatic rings. The van der Waals surface area contributed by atoms with E-state index in [1.807, 2.05) is 0 Å². The largest absolute Gasteiger partial charge is 0.465 e. The highest BCUT2D eigenvalue weighted by molar-refractivity contribution is 5.89. The highest BCUT2D eigenvalue weighted by Crippen LogP contribution is 2.35. The van der Waals surface area contributed by atoms with Gasteiger partial charge in [-0.25, -0.2) is 9.78 Å². The Hall–Kier alpha value is -3.03. The minimum absolute atomic E-state index is 0.0175. The third-order valence-corrected chi connectivity index (χ3v) is 3.53. The summed E-state index contributed by atoms with van der Waals surface area (Å²) < 4.78 is 40.6. The van der Waals surface area contributed by atoms with Crippen LogP contribution in [0.15, 0.2) is 42.5 Å². The van der Waals surface area contributed by atoms with E-state index in [1.54, 1.807) is 29.5 Å². The molecule has 2 aromatic heterocycles. The Morgan fingerprint density at radius 1 is 1.21 bits per heavy atom. The smallest absolute Gasteiger partial charge is 0.416 e. The average molecular weight is 335 g/mol. The molecule has 1 amide bonds. The molecule has 1 aromatic carbocycles. The average Bonchev–Trinajstić information content (AvgIpc) is 2.85. The number of nitrogens with one attached hydrogen (secondary N) is 1. The van der Waals surface area contributed by atoms with Crippen molar-refractivity contribution >= 4 is 17.6 Å². The van der Waals surface area contributed by atoms with Gasteiger partial charge in [-0.05, 0) is 31.2 Å². The summed E-state index contributed by atoms with van der Waals surface area (Å²) >= 11 is 0. The first-order valence-electron chi connectivity index (χ1n) is 6.93. The van der Waals surface area contributed by atoms with E-state index in [4.69, 9.17) is 5.11 Å². The number of alkyl halides is 3. The summed E-state index contributed by atoms with van der Waals surface area (Å²) in [5, 5.41) is 11.1. The van der Waals surface area contributed by atoms with E-state index >= 15 is 0 Å². The second-order valence-corrected chi connectivity index (χ2v) is 5.18. The van der Waals surface area contributed by atoms with Gasteiger partial charge in [-0.3, -0.25) is 9.72 Å². The highest BCUT2D eigenvalue weighted by Gasteiger charge is 2.31. The zero-order valence-corrected chi connectivity index (χ0v) is 12.4. The van der Waals surface area contributed by atoms with Gasteiger partial charge in [-0.1, -0.05) is 18.2 Å². The summed E-state index contributed by atoms with van der Waals surface area (Å²) in [5.74, 6) is -0.0175. The van der Waals surface area contributed by atoms with Gasteiger partial charge in [-0.2, -0.15) is 13.2 Å². The zero-order chi connectivity index (χ0) is 17.5. The molecule has 0 bridgehead atoms. The van der Waals surface area contributed by atoms with Gasteiger partial charge < -0.3 is 5.11 Å². The molecule has 2 heterocycles. The quantitative estimate of drug-likeness (QED) is 0.728. The highest BCUT2D eigenvalue weighted by atomic mass is 19.4. The van der Waals surface area contributed by atoms with Crippen molar-refractivity contribution in [1.29, 1.82) is 0 Å². The lowest BCUT2D eigenvalue weighted by molar-refractivity contribution is -0.137. The molecule has 0 unspecified atom stereocenters. The molecular weight excluding hydrogens is 323 g/mol. The van der Waals surface area contributed by atoms with Crippen molar-refractivity contribution in [1.82, 2.24) is 9.38 Å². The number of nitrogens with zero attached hydrogens (tertiary/aromatic N) is 2. The molecular formula is C16H12F3N3O2. The fourth-order valence-electron chi connectivity index (χ4n) is 2.55. The lowest BCUT2D eigenvalue weighted by atomic mass is 10.1. The van der Waals surface area contributed by atoms with Crippen molar-refractivity contribution in [3.05, 3.63) is 53.7 Å². The zero-order valence-electron chi connectivity index (χ0n) is 12.4. The fraction of sp³-hybridized carbons (Fsp3) is 0.125. The maximum absolute atomic E-state index is 13.0. The van der Waals surface area contributed by atoms with Crippen LogP contribution in [0.3, 0.4) is 0 Å². The molecule has 0 aliphatic heterocycles. The lowest BCUT2D eigenvalue weighted by Crippen LogP contribution is -2.09. The van der Waals surface area contributed by atoms with E-state index in [9.17, 15) is 18.0 Å². The van der Waals surface area contributed by atoms with Crippen LogP contribution in [0.1, 0.15) is 11.3 Å². The number of carboxylic acid groups (broad SMARTS) is 1. The number of halogens is 3. The molecule has 0 atom stereocenters. The number of aromatic nitrogens is 2. The van der Waals surface area contributed by atoms with Gasteiger partial charge in [0.15, 0.2) is 5.82 Å². The summed E-state index contributed by atoms with van der Waals surface area (Å²) in [5.41, 5.74) is 0.814. The number of aryl methyl sites for hydroxylation is 1. The summed E-state index contributed by atoms with van der Waals surface area (Å²) in [7, 11) is 0. The SMILES string of the molecule is Cc1cccc2nc(NC(=O)O)c(-c3cccc(C(F)(F)F)c3)n12. The molecule has 24 heavy (non-hydrogen) atoms. The van der Waals surface area contributed by atoms with E-state index in [-0.39, 0.29) is 17.1 Å². The fourth-order valence-corrected chi connectivity index (χ4v) is 2.55. The number of benzene rings is 1. The molecule has 0 saturated carbocycles. The lowest BCUT2D eigenvalue weighted by Gasteiger charge is -2.11. The molecule has 0 spiro atoms. The first kappa shape index (κ1) is 15.9. The number of imidazole rings is 1. The predicted molar refractivity (Wildman–Crippen MR) is 82.0 cm³/mol. The Morgan fingerprint density at radius 3 is 2.58 bits per heavy atom. The van der Waals surface area contributed by atoms with E-state index < -0.39 is 17.8 Å². The molecule has 0 aliphatic rings. The minimum atomic E-state index is -4.49. The molecule has 0 fully saturated rings. The monoisotopic (exact) mass is 335 g/mol. The third-order valence-electron chi connectivity index (χ3n) is 3.53. The second-order valence-electron chi connectivity index (χ2n) is 5.18. The van der Waals surface area contributed by atoms with Crippen LogP contribution in [-0.2, 0) is 6.18 Å². The van der Waals surface area contributed by atoms with Crippen LogP contribution in [0.5, 0.6) is 0 Å². The van der Waals surface area contributed by atoms with E-state index in [0.29, 0.717) is 11.3 Å². The van der Waals surface area contributed by atoms with E-state index in [0.717, 1.165) is 12.1 Å². The first-order valence-corrected chi connectivity index (χ1v) is 6.93. The molecule has 0 aliphatic carbocycles. The van der Waals surface area contributed by atoms with Crippen LogP contribution in [-0.4, -0.2) is 20.6 Å². The third kappa shape index (κ3) is 2.78. The number of hydrogen-bond acceptors (Lipinski definition) is 2. The second kappa shape index (κ2) is 5.55. The molecule has 0 saturated heterocycles. The number of amides is 1. The summed E-state index contributed by atoms with van der Waals surface area (Å²) in [6.45, 7) is 1.76.